The first-order chi connectivity index (χ1) is 14.4. The predicted octanol–water partition coefficient (Wildman–Crippen LogP) is 3.19. The van der Waals surface area contributed by atoms with Crippen LogP contribution in [-0.4, -0.2) is 35.2 Å². The van der Waals surface area contributed by atoms with Crippen LogP contribution < -0.4 is 10.2 Å². The summed E-state index contributed by atoms with van der Waals surface area (Å²) < 4.78 is 0.851. The Kier molecular flexibility index (Phi) is 3.66. The number of rotatable bonds is 1. The third kappa shape index (κ3) is 2.04. The minimum Gasteiger partial charge on any atom is -0.324 e. The molecule has 4 atom stereocenters. The van der Waals surface area contributed by atoms with Gasteiger partial charge >= 0.3 is 0 Å². The van der Waals surface area contributed by atoms with Crippen LogP contribution in [0.5, 0.6) is 0 Å². The molecule has 30 heavy (non-hydrogen) atoms. The molecule has 0 saturated carbocycles. The highest BCUT2D eigenvalue weighted by Crippen LogP contribution is 2.60. The van der Waals surface area contributed by atoms with E-state index < -0.39 is 17.4 Å². The van der Waals surface area contributed by atoms with E-state index >= 15 is 0 Å². The molecule has 0 aromatic heterocycles. The molecule has 7 heteroatoms. The first-order valence-electron chi connectivity index (χ1n) is 10.3. The van der Waals surface area contributed by atoms with Crippen molar-refractivity contribution in [3.63, 3.8) is 0 Å². The van der Waals surface area contributed by atoms with Gasteiger partial charge in [0.2, 0.25) is 17.7 Å². The first kappa shape index (κ1) is 18.3. The summed E-state index contributed by atoms with van der Waals surface area (Å²) in [4.78, 5) is 44.5. The second-order valence-electron chi connectivity index (χ2n) is 8.67. The molecule has 2 aromatic rings. The van der Waals surface area contributed by atoms with Gasteiger partial charge in [-0.2, -0.15) is 0 Å². The fourth-order valence-corrected chi connectivity index (χ4v) is 6.56. The molecule has 6 nitrogen and oxygen atoms in total. The number of carbonyl (C=O) groups excluding carboxylic acids is 3. The van der Waals surface area contributed by atoms with Crippen LogP contribution in [0.25, 0.3) is 0 Å². The lowest BCUT2D eigenvalue weighted by molar-refractivity contribution is -0.135. The Balaban J connectivity index is 1.57. The first-order valence-corrected chi connectivity index (χ1v) is 11.1. The summed E-state index contributed by atoms with van der Waals surface area (Å²) in [5, 5.41) is 3.00. The van der Waals surface area contributed by atoms with Crippen molar-refractivity contribution in [2.75, 3.05) is 16.8 Å². The smallest absolute Gasteiger partial charge is 0.250 e. The highest BCUT2D eigenvalue weighted by atomic mass is 79.9. The van der Waals surface area contributed by atoms with E-state index in [1.165, 1.54) is 4.90 Å². The number of anilines is 2. The lowest BCUT2D eigenvalue weighted by Gasteiger charge is -2.36. The lowest BCUT2D eigenvalue weighted by Crippen LogP contribution is -2.54. The molecule has 0 radical (unpaired) electrons. The predicted molar refractivity (Wildman–Crippen MR) is 115 cm³/mol. The summed E-state index contributed by atoms with van der Waals surface area (Å²) in [5.41, 5.74) is 1.97. The Morgan fingerprint density at radius 3 is 2.73 bits per heavy atom. The second-order valence-corrected chi connectivity index (χ2v) is 9.58. The summed E-state index contributed by atoms with van der Waals surface area (Å²) in [6.07, 6.45) is 1.73. The minimum absolute atomic E-state index is 0.100. The quantitative estimate of drug-likeness (QED) is 0.656. The normalized spacial score (nSPS) is 32.0. The van der Waals surface area contributed by atoms with E-state index in [2.05, 4.69) is 26.1 Å². The molecule has 152 valence electrons. The molecule has 3 saturated heterocycles. The summed E-state index contributed by atoms with van der Waals surface area (Å²) in [6.45, 7) is 2.65. The minimum atomic E-state index is -1.13. The van der Waals surface area contributed by atoms with Gasteiger partial charge in [0.25, 0.3) is 0 Å². The molecule has 1 N–H and O–H groups in total. The van der Waals surface area contributed by atoms with Crippen LogP contribution in [-0.2, 0) is 19.9 Å². The number of aryl methyl sites for hydroxylation is 1. The summed E-state index contributed by atoms with van der Waals surface area (Å²) in [5.74, 6) is -1.86. The number of imide groups is 1. The van der Waals surface area contributed by atoms with Gasteiger partial charge in [0, 0.05) is 21.8 Å². The number of amides is 3. The van der Waals surface area contributed by atoms with Crippen molar-refractivity contribution in [3.8, 4) is 0 Å². The van der Waals surface area contributed by atoms with Gasteiger partial charge in [0.1, 0.15) is 5.54 Å². The van der Waals surface area contributed by atoms with Gasteiger partial charge in [-0.1, -0.05) is 28.1 Å². The molecule has 4 aliphatic rings. The maximum absolute atomic E-state index is 13.8. The average Bonchev–Trinajstić information content (AvgIpc) is 3.40. The van der Waals surface area contributed by atoms with Crippen LogP contribution in [0.4, 0.5) is 11.4 Å². The molecule has 4 aliphatic heterocycles. The summed E-state index contributed by atoms with van der Waals surface area (Å²) >= 11 is 3.52. The molecule has 6 rings (SSSR count). The van der Waals surface area contributed by atoms with Crippen molar-refractivity contribution < 1.29 is 14.4 Å². The van der Waals surface area contributed by atoms with E-state index in [4.69, 9.17) is 0 Å². The summed E-state index contributed by atoms with van der Waals surface area (Å²) in [6, 6.07) is 13.0. The highest BCUT2D eigenvalue weighted by Gasteiger charge is 2.74. The average molecular weight is 466 g/mol. The van der Waals surface area contributed by atoms with Crippen molar-refractivity contribution in [2.24, 2.45) is 11.8 Å². The van der Waals surface area contributed by atoms with Crippen LogP contribution >= 0.6 is 15.9 Å². The molecule has 2 aromatic carbocycles. The lowest BCUT2D eigenvalue weighted by atomic mass is 9.75. The van der Waals surface area contributed by atoms with Gasteiger partial charge in [-0.25, -0.2) is 4.90 Å². The fraction of sp³-hybridized carbons (Fsp3) is 0.348. The van der Waals surface area contributed by atoms with Crippen LogP contribution in [0.3, 0.4) is 0 Å². The van der Waals surface area contributed by atoms with Crippen molar-refractivity contribution in [2.45, 2.75) is 31.3 Å². The zero-order chi connectivity index (χ0) is 20.8. The van der Waals surface area contributed by atoms with Gasteiger partial charge in [0.05, 0.1) is 17.5 Å². The largest absolute Gasteiger partial charge is 0.324 e. The molecular formula is C23H20BrN3O3. The van der Waals surface area contributed by atoms with Gasteiger partial charge < -0.3 is 5.32 Å². The van der Waals surface area contributed by atoms with Gasteiger partial charge in [-0.05, 0) is 62.2 Å². The van der Waals surface area contributed by atoms with Crippen LogP contribution in [0.15, 0.2) is 46.9 Å². The monoisotopic (exact) mass is 465 g/mol. The zero-order valence-electron chi connectivity index (χ0n) is 16.4. The van der Waals surface area contributed by atoms with Crippen molar-refractivity contribution in [1.82, 2.24) is 4.90 Å². The van der Waals surface area contributed by atoms with Crippen LogP contribution in [0.1, 0.15) is 24.0 Å². The number of carbonyl (C=O) groups is 3. The topological polar surface area (TPSA) is 69.7 Å². The molecular weight excluding hydrogens is 446 g/mol. The zero-order valence-corrected chi connectivity index (χ0v) is 18.0. The standard InChI is InChI=1S/C23H20BrN3O3/c1-12-4-2-5-14(10-12)27-20(28)18-17-6-3-9-26(17)23(19(18)21(27)29)15-11-13(24)7-8-16(15)25-22(23)30/h2,4-5,7-8,10-11,17-19H,3,6,9H2,1H3,(H,25,30). The number of benzene rings is 2. The van der Waals surface area contributed by atoms with Crippen molar-refractivity contribution in [1.29, 1.82) is 0 Å². The van der Waals surface area contributed by atoms with Crippen LogP contribution in [0.2, 0.25) is 0 Å². The maximum Gasteiger partial charge on any atom is 0.250 e. The van der Waals surface area contributed by atoms with Gasteiger partial charge in [-0.15, -0.1) is 0 Å². The van der Waals surface area contributed by atoms with Crippen molar-refractivity contribution >= 4 is 45.0 Å². The molecule has 3 amide bonds. The highest BCUT2D eigenvalue weighted by molar-refractivity contribution is 9.10. The second kappa shape index (κ2) is 6.02. The summed E-state index contributed by atoms with van der Waals surface area (Å²) in [7, 11) is 0. The number of hydrogen-bond donors (Lipinski definition) is 1. The van der Waals surface area contributed by atoms with E-state index in [-0.39, 0.29) is 23.8 Å². The number of fused-ring (bicyclic) bond motifs is 7. The Morgan fingerprint density at radius 1 is 1.10 bits per heavy atom. The molecule has 4 heterocycles. The van der Waals surface area contributed by atoms with Gasteiger partial charge in [0.15, 0.2) is 0 Å². The number of nitrogens with one attached hydrogen (secondary N) is 1. The SMILES string of the molecule is Cc1cccc(N2C(=O)C3C4CCCN4C4(C(=O)Nc5ccc(Br)cc54)C3C2=O)c1. The van der Waals surface area contributed by atoms with E-state index in [1.54, 1.807) is 6.07 Å². The fourth-order valence-electron chi connectivity index (χ4n) is 6.20. The molecule has 1 spiro atoms. The van der Waals surface area contributed by atoms with E-state index in [0.29, 0.717) is 12.2 Å². The molecule has 0 aliphatic carbocycles. The van der Waals surface area contributed by atoms with Crippen LogP contribution in [0, 0.1) is 18.8 Å². The number of halogens is 1. The van der Waals surface area contributed by atoms with E-state index in [9.17, 15) is 14.4 Å². The van der Waals surface area contributed by atoms with Crippen molar-refractivity contribution in [3.05, 3.63) is 58.1 Å². The molecule has 4 unspecified atom stereocenters. The number of nitrogens with zero attached hydrogens (tertiary/aromatic N) is 2. The maximum atomic E-state index is 13.8. The molecule has 3 fully saturated rings. The Morgan fingerprint density at radius 2 is 1.93 bits per heavy atom. The van der Waals surface area contributed by atoms with E-state index in [1.807, 2.05) is 43.3 Å². The number of hydrogen-bond acceptors (Lipinski definition) is 4. The van der Waals surface area contributed by atoms with E-state index in [0.717, 1.165) is 34.1 Å². The Labute approximate surface area is 182 Å². The third-order valence-corrected chi connectivity index (χ3v) is 7.71. The third-order valence-electron chi connectivity index (χ3n) is 7.21. The Bertz CT molecular complexity index is 1150. The molecule has 0 bridgehead atoms. The van der Waals surface area contributed by atoms with Gasteiger partial charge in [-0.3, -0.25) is 19.3 Å². The Hall–Kier alpha value is -2.51.